The van der Waals surface area contributed by atoms with E-state index in [1.54, 1.807) is 11.3 Å². The third-order valence-electron chi connectivity index (χ3n) is 3.28. The van der Waals surface area contributed by atoms with Gasteiger partial charge in [0.15, 0.2) is 5.82 Å². The molecule has 0 unspecified atom stereocenters. The number of nitrogens with zero attached hydrogens (tertiary/aromatic N) is 1. The minimum absolute atomic E-state index is 0.540. The van der Waals surface area contributed by atoms with Crippen molar-refractivity contribution in [3.05, 3.63) is 45.7 Å². The molecule has 5 heteroatoms. The Kier molecular flexibility index (Phi) is 3.63. The number of thiophene rings is 1. The Morgan fingerprint density at radius 1 is 1.25 bits per heavy atom. The fourth-order valence-corrected chi connectivity index (χ4v) is 3.52. The lowest BCUT2D eigenvalue weighted by molar-refractivity contribution is 1.10. The number of hydrogen-bond acceptors (Lipinski definition) is 3. The van der Waals surface area contributed by atoms with E-state index < -0.39 is 0 Å². The number of halogens is 1. The normalized spacial score (nSPS) is 10.9. The van der Waals surface area contributed by atoms with E-state index in [4.69, 9.17) is 5.73 Å². The standard InChI is InChI=1S/C15H14BrN3S/c1-2-9-7-8-20-14(9)13-12(15(17)19-18-13)10-3-5-11(16)6-4-10/h3-8H,2H2,1H3,(H3,17,18,19). The minimum Gasteiger partial charge on any atom is -0.382 e. The summed E-state index contributed by atoms with van der Waals surface area (Å²) in [4.78, 5) is 1.22. The summed E-state index contributed by atoms with van der Waals surface area (Å²) >= 11 is 5.17. The third kappa shape index (κ3) is 2.27. The van der Waals surface area contributed by atoms with Crippen molar-refractivity contribution in [2.45, 2.75) is 13.3 Å². The van der Waals surface area contributed by atoms with Crippen LogP contribution in [0, 0.1) is 0 Å². The summed E-state index contributed by atoms with van der Waals surface area (Å²) in [5, 5.41) is 9.39. The van der Waals surface area contributed by atoms with Crippen molar-refractivity contribution in [1.29, 1.82) is 0 Å². The lowest BCUT2D eigenvalue weighted by atomic mass is 10.0. The lowest BCUT2D eigenvalue weighted by Gasteiger charge is -2.05. The second kappa shape index (κ2) is 5.42. The summed E-state index contributed by atoms with van der Waals surface area (Å²) in [6, 6.07) is 10.3. The Morgan fingerprint density at radius 2 is 2.00 bits per heavy atom. The topological polar surface area (TPSA) is 54.7 Å². The van der Waals surface area contributed by atoms with Gasteiger partial charge in [-0.2, -0.15) is 5.10 Å². The van der Waals surface area contributed by atoms with Crippen LogP contribution in [0.25, 0.3) is 21.7 Å². The van der Waals surface area contributed by atoms with Gasteiger partial charge in [0.2, 0.25) is 0 Å². The van der Waals surface area contributed by atoms with E-state index in [-0.39, 0.29) is 0 Å². The van der Waals surface area contributed by atoms with E-state index >= 15 is 0 Å². The Bertz CT molecular complexity index is 728. The molecule has 3 N–H and O–H groups in total. The SMILES string of the molecule is CCc1ccsc1-c1[nH]nc(N)c1-c1ccc(Br)cc1. The van der Waals surface area contributed by atoms with Crippen LogP contribution in [0.5, 0.6) is 0 Å². The quantitative estimate of drug-likeness (QED) is 0.720. The predicted octanol–water partition coefficient (Wildman–Crippen LogP) is 4.71. The molecule has 3 rings (SSSR count). The second-order valence-electron chi connectivity index (χ2n) is 4.49. The van der Waals surface area contributed by atoms with Gasteiger partial charge in [0.1, 0.15) is 0 Å². The molecule has 20 heavy (non-hydrogen) atoms. The van der Waals surface area contributed by atoms with Crippen LogP contribution in [0.1, 0.15) is 12.5 Å². The van der Waals surface area contributed by atoms with E-state index in [9.17, 15) is 0 Å². The molecule has 0 aliphatic carbocycles. The molecular weight excluding hydrogens is 334 g/mol. The first kappa shape index (κ1) is 13.4. The maximum atomic E-state index is 6.06. The highest BCUT2D eigenvalue weighted by Crippen LogP contribution is 2.39. The predicted molar refractivity (Wildman–Crippen MR) is 88.8 cm³/mol. The zero-order valence-corrected chi connectivity index (χ0v) is 13.4. The highest BCUT2D eigenvalue weighted by molar-refractivity contribution is 9.10. The molecule has 102 valence electrons. The number of H-pyrrole nitrogens is 1. The molecule has 0 aliphatic heterocycles. The van der Waals surface area contributed by atoms with Crippen molar-refractivity contribution in [1.82, 2.24) is 10.2 Å². The molecule has 3 nitrogen and oxygen atoms in total. The van der Waals surface area contributed by atoms with Crippen molar-refractivity contribution in [3.8, 4) is 21.7 Å². The Balaban J connectivity index is 2.17. The number of aromatic nitrogens is 2. The largest absolute Gasteiger partial charge is 0.382 e. The first-order valence-electron chi connectivity index (χ1n) is 6.37. The molecule has 0 amide bonds. The van der Waals surface area contributed by atoms with Crippen LogP contribution in [-0.2, 0) is 6.42 Å². The van der Waals surface area contributed by atoms with Crippen LogP contribution in [0.2, 0.25) is 0 Å². The van der Waals surface area contributed by atoms with Crippen LogP contribution in [-0.4, -0.2) is 10.2 Å². The monoisotopic (exact) mass is 347 g/mol. The van der Waals surface area contributed by atoms with Gasteiger partial charge in [-0.15, -0.1) is 11.3 Å². The van der Waals surface area contributed by atoms with Crippen LogP contribution in [0.15, 0.2) is 40.2 Å². The molecule has 0 atom stereocenters. The summed E-state index contributed by atoms with van der Waals surface area (Å²) in [7, 11) is 0. The smallest absolute Gasteiger partial charge is 0.153 e. The molecule has 0 aliphatic rings. The Labute approximate surface area is 130 Å². The van der Waals surface area contributed by atoms with Gasteiger partial charge in [-0.05, 0) is 41.1 Å². The molecular formula is C15H14BrN3S. The van der Waals surface area contributed by atoms with Crippen molar-refractivity contribution in [2.24, 2.45) is 0 Å². The van der Waals surface area contributed by atoms with Crippen molar-refractivity contribution >= 4 is 33.1 Å². The number of nitrogens with one attached hydrogen (secondary N) is 1. The zero-order valence-electron chi connectivity index (χ0n) is 11.0. The molecule has 1 aromatic carbocycles. The average molecular weight is 348 g/mol. The highest BCUT2D eigenvalue weighted by Gasteiger charge is 2.17. The van der Waals surface area contributed by atoms with Gasteiger partial charge >= 0.3 is 0 Å². The second-order valence-corrected chi connectivity index (χ2v) is 6.33. The van der Waals surface area contributed by atoms with Crippen LogP contribution < -0.4 is 5.73 Å². The maximum Gasteiger partial charge on any atom is 0.153 e. The number of nitrogen functional groups attached to an aromatic ring is 1. The van der Waals surface area contributed by atoms with Crippen LogP contribution >= 0.6 is 27.3 Å². The van der Waals surface area contributed by atoms with E-state index in [0.29, 0.717) is 5.82 Å². The van der Waals surface area contributed by atoms with Crippen LogP contribution in [0.4, 0.5) is 5.82 Å². The van der Waals surface area contributed by atoms with Gasteiger partial charge in [-0.1, -0.05) is 35.0 Å². The fourth-order valence-electron chi connectivity index (χ4n) is 2.26. The van der Waals surface area contributed by atoms with Gasteiger partial charge in [0, 0.05) is 4.47 Å². The number of aromatic amines is 1. The summed E-state index contributed by atoms with van der Waals surface area (Å²) in [6.45, 7) is 2.16. The van der Waals surface area contributed by atoms with Gasteiger partial charge in [-0.3, -0.25) is 5.10 Å². The Hall–Kier alpha value is -1.59. The number of rotatable bonds is 3. The highest BCUT2D eigenvalue weighted by atomic mass is 79.9. The van der Waals surface area contributed by atoms with Gasteiger partial charge in [0.25, 0.3) is 0 Å². The number of hydrogen-bond donors (Lipinski definition) is 2. The van der Waals surface area contributed by atoms with Crippen LogP contribution in [0.3, 0.4) is 0 Å². The molecule has 2 heterocycles. The number of nitrogens with two attached hydrogens (primary N) is 1. The lowest BCUT2D eigenvalue weighted by Crippen LogP contribution is -1.89. The first-order valence-corrected chi connectivity index (χ1v) is 8.04. The molecule has 2 aromatic heterocycles. The fraction of sp³-hybridized carbons (Fsp3) is 0.133. The van der Waals surface area contributed by atoms with Crippen molar-refractivity contribution in [2.75, 3.05) is 5.73 Å². The summed E-state index contributed by atoms with van der Waals surface area (Å²) < 4.78 is 1.05. The maximum absolute atomic E-state index is 6.06. The van der Waals surface area contributed by atoms with Gasteiger partial charge in [0.05, 0.1) is 16.1 Å². The summed E-state index contributed by atoms with van der Waals surface area (Å²) in [5.41, 5.74) is 10.4. The summed E-state index contributed by atoms with van der Waals surface area (Å²) in [5.74, 6) is 0.540. The summed E-state index contributed by atoms with van der Waals surface area (Å²) in [6.07, 6.45) is 0.998. The van der Waals surface area contributed by atoms with E-state index in [2.05, 4.69) is 44.5 Å². The molecule has 3 aromatic rings. The molecule has 0 saturated heterocycles. The van der Waals surface area contributed by atoms with E-state index in [0.717, 1.165) is 27.7 Å². The molecule has 0 saturated carbocycles. The molecule has 0 spiro atoms. The first-order chi connectivity index (χ1) is 9.70. The number of benzene rings is 1. The third-order valence-corrected chi connectivity index (χ3v) is 4.78. The van der Waals surface area contributed by atoms with E-state index in [1.165, 1.54) is 10.4 Å². The van der Waals surface area contributed by atoms with Crippen molar-refractivity contribution in [3.63, 3.8) is 0 Å². The average Bonchev–Trinajstić information content (AvgIpc) is 3.05. The van der Waals surface area contributed by atoms with Gasteiger partial charge < -0.3 is 5.73 Å². The number of anilines is 1. The molecule has 0 bridgehead atoms. The minimum atomic E-state index is 0.540. The Morgan fingerprint density at radius 3 is 2.70 bits per heavy atom. The van der Waals surface area contributed by atoms with Gasteiger partial charge in [-0.25, -0.2) is 0 Å². The number of aryl methyl sites for hydroxylation is 1. The van der Waals surface area contributed by atoms with Crippen molar-refractivity contribution < 1.29 is 0 Å². The molecule has 0 radical (unpaired) electrons. The van der Waals surface area contributed by atoms with E-state index in [1.807, 2.05) is 24.3 Å². The molecule has 0 fully saturated rings. The zero-order chi connectivity index (χ0) is 14.1.